The van der Waals surface area contributed by atoms with Crippen LogP contribution in [0.3, 0.4) is 0 Å². The molecule has 0 aromatic heterocycles. The second-order valence-electron chi connectivity index (χ2n) is 5.01. The Labute approximate surface area is 97.0 Å². The Hall–Kier alpha value is -1.35. The third-order valence-electron chi connectivity index (χ3n) is 2.64. The van der Waals surface area contributed by atoms with Crippen LogP contribution in [0.5, 0.6) is 0 Å². The molecule has 2 rings (SSSR count). The molecule has 1 aliphatic rings. The minimum Gasteiger partial charge on any atom is -0.331 e. The Balaban J connectivity index is 2.27. The molecule has 0 spiro atoms. The summed E-state index contributed by atoms with van der Waals surface area (Å²) in [7, 11) is 0. The average Bonchev–Trinajstić information content (AvgIpc) is 2.69. The molecule has 0 atom stereocenters. The molecule has 0 unspecified atom stereocenters. The van der Waals surface area contributed by atoms with Crippen LogP contribution in [-0.4, -0.2) is 25.0 Å². The third-order valence-corrected chi connectivity index (χ3v) is 2.64. The van der Waals surface area contributed by atoms with Crippen molar-refractivity contribution in [1.82, 2.24) is 0 Å². The van der Waals surface area contributed by atoms with Crippen LogP contribution in [0.2, 0.25) is 0 Å². The van der Waals surface area contributed by atoms with E-state index in [1.54, 1.807) is 0 Å². The van der Waals surface area contributed by atoms with Gasteiger partial charge in [-0.15, -0.1) is 0 Å². The molecule has 86 valence electrons. The smallest absolute Gasteiger partial charge is 0.0895 e. The molecule has 2 N–H and O–H groups in total. The monoisotopic (exact) mass is 217 g/mol. The number of nitrogens with two attached hydrogens (primary N) is 1. The molecule has 1 heterocycles. The van der Waals surface area contributed by atoms with E-state index in [0.29, 0.717) is 0 Å². The largest absolute Gasteiger partial charge is 0.331 e. The van der Waals surface area contributed by atoms with E-state index in [1.165, 1.54) is 11.3 Å². The fourth-order valence-corrected chi connectivity index (χ4v) is 1.99. The van der Waals surface area contributed by atoms with E-state index in [2.05, 4.69) is 48.0 Å². The first-order chi connectivity index (χ1) is 7.56. The summed E-state index contributed by atoms with van der Waals surface area (Å²) in [4.78, 5) is 6.44. The Kier molecular flexibility index (Phi) is 2.97. The highest BCUT2D eigenvalue weighted by atomic mass is 15.2. The Morgan fingerprint density at radius 2 is 2.12 bits per heavy atom. The lowest BCUT2D eigenvalue weighted by atomic mass is 9.95. The lowest BCUT2D eigenvalue weighted by molar-refractivity contribution is 0.517. The lowest BCUT2D eigenvalue weighted by Crippen LogP contribution is -2.35. The summed E-state index contributed by atoms with van der Waals surface area (Å²) in [5.41, 5.74) is 8.44. The standard InChI is InChI=1S/C13H19N3/c1-13(2,14)9-11-5-3-4-6-12(11)16-8-7-15-10-16/h3-6,10H,7-9,14H2,1-2H3. The summed E-state index contributed by atoms with van der Waals surface area (Å²) < 4.78 is 0. The van der Waals surface area contributed by atoms with Gasteiger partial charge in [-0.25, -0.2) is 0 Å². The second kappa shape index (κ2) is 4.26. The molecule has 0 saturated heterocycles. The molecule has 0 amide bonds. The van der Waals surface area contributed by atoms with Gasteiger partial charge in [-0.1, -0.05) is 18.2 Å². The Bertz CT molecular complexity index is 390. The first-order valence-corrected chi connectivity index (χ1v) is 5.70. The number of hydrogen-bond acceptors (Lipinski definition) is 3. The zero-order chi connectivity index (χ0) is 11.6. The van der Waals surface area contributed by atoms with Crippen LogP contribution in [-0.2, 0) is 6.42 Å². The number of rotatable bonds is 3. The van der Waals surface area contributed by atoms with Crippen LogP contribution in [0.1, 0.15) is 19.4 Å². The first-order valence-electron chi connectivity index (χ1n) is 5.70. The normalized spacial score (nSPS) is 15.8. The van der Waals surface area contributed by atoms with Gasteiger partial charge in [0, 0.05) is 17.8 Å². The topological polar surface area (TPSA) is 41.6 Å². The second-order valence-corrected chi connectivity index (χ2v) is 5.01. The molecular formula is C13H19N3. The highest BCUT2D eigenvalue weighted by Crippen LogP contribution is 2.23. The van der Waals surface area contributed by atoms with Crippen molar-refractivity contribution in [2.24, 2.45) is 10.7 Å². The van der Waals surface area contributed by atoms with E-state index in [-0.39, 0.29) is 5.54 Å². The molecule has 3 heteroatoms. The summed E-state index contributed by atoms with van der Waals surface area (Å²) in [5.74, 6) is 0. The number of anilines is 1. The van der Waals surface area contributed by atoms with Crippen LogP contribution in [0, 0.1) is 0 Å². The minimum absolute atomic E-state index is 0.174. The molecular weight excluding hydrogens is 198 g/mol. The predicted molar refractivity (Wildman–Crippen MR) is 69.1 cm³/mol. The Morgan fingerprint density at radius 1 is 1.38 bits per heavy atom. The van der Waals surface area contributed by atoms with Gasteiger partial charge in [-0.3, -0.25) is 4.99 Å². The van der Waals surface area contributed by atoms with Gasteiger partial charge in [-0.2, -0.15) is 0 Å². The molecule has 1 aromatic rings. The summed E-state index contributed by atoms with van der Waals surface area (Å²) in [6, 6.07) is 8.42. The SMILES string of the molecule is CC(C)(N)Cc1ccccc1N1C=NCC1. The molecule has 0 radical (unpaired) electrons. The maximum atomic E-state index is 6.08. The Morgan fingerprint density at radius 3 is 2.75 bits per heavy atom. The van der Waals surface area contributed by atoms with Gasteiger partial charge in [0.15, 0.2) is 0 Å². The van der Waals surface area contributed by atoms with Gasteiger partial charge in [0.05, 0.1) is 12.9 Å². The van der Waals surface area contributed by atoms with Crippen molar-refractivity contribution in [2.75, 3.05) is 18.0 Å². The zero-order valence-electron chi connectivity index (χ0n) is 9.98. The maximum Gasteiger partial charge on any atom is 0.0895 e. The van der Waals surface area contributed by atoms with Crippen molar-refractivity contribution in [3.63, 3.8) is 0 Å². The van der Waals surface area contributed by atoms with Gasteiger partial charge in [0.25, 0.3) is 0 Å². The fourth-order valence-electron chi connectivity index (χ4n) is 1.99. The third kappa shape index (κ3) is 2.61. The highest BCUT2D eigenvalue weighted by Gasteiger charge is 2.17. The number of aliphatic imine (C=N–C) groups is 1. The van der Waals surface area contributed by atoms with Crippen LogP contribution >= 0.6 is 0 Å². The van der Waals surface area contributed by atoms with Gasteiger partial charge in [0.1, 0.15) is 0 Å². The average molecular weight is 217 g/mol. The molecule has 1 aromatic carbocycles. The lowest BCUT2D eigenvalue weighted by Gasteiger charge is -2.23. The molecule has 0 saturated carbocycles. The van der Waals surface area contributed by atoms with Crippen molar-refractivity contribution < 1.29 is 0 Å². The number of hydrogen-bond donors (Lipinski definition) is 1. The first kappa shape index (κ1) is 11.1. The van der Waals surface area contributed by atoms with Crippen molar-refractivity contribution in [3.05, 3.63) is 29.8 Å². The molecule has 0 aliphatic carbocycles. The van der Waals surface area contributed by atoms with E-state index in [1.807, 2.05) is 6.34 Å². The molecule has 0 bridgehead atoms. The summed E-state index contributed by atoms with van der Waals surface area (Å²) >= 11 is 0. The minimum atomic E-state index is -0.174. The predicted octanol–water partition coefficient (Wildman–Crippen LogP) is 1.81. The van der Waals surface area contributed by atoms with Crippen LogP contribution in [0.4, 0.5) is 5.69 Å². The summed E-state index contributed by atoms with van der Waals surface area (Å²) in [6.45, 7) is 5.98. The summed E-state index contributed by atoms with van der Waals surface area (Å²) in [6.07, 6.45) is 2.80. The number of benzene rings is 1. The van der Waals surface area contributed by atoms with Crippen LogP contribution in [0.25, 0.3) is 0 Å². The van der Waals surface area contributed by atoms with Crippen molar-refractivity contribution in [3.8, 4) is 0 Å². The van der Waals surface area contributed by atoms with Crippen LogP contribution < -0.4 is 10.6 Å². The quantitative estimate of drug-likeness (QED) is 0.839. The van der Waals surface area contributed by atoms with Gasteiger partial charge in [0.2, 0.25) is 0 Å². The number of nitrogens with zero attached hydrogens (tertiary/aromatic N) is 2. The van der Waals surface area contributed by atoms with E-state index in [0.717, 1.165) is 19.5 Å². The molecule has 0 fully saturated rings. The van der Waals surface area contributed by atoms with E-state index < -0.39 is 0 Å². The van der Waals surface area contributed by atoms with Crippen LogP contribution in [0.15, 0.2) is 29.3 Å². The van der Waals surface area contributed by atoms with E-state index >= 15 is 0 Å². The number of para-hydroxylation sites is 1. The molecule has 3 nitrogen and oxygen atoms in total. The molecule has 16 heavy (non-hydrogen) atoms. The van der Waals surface area contributed by atoms with E-state index in [4.69, 9.17) is 5.73 Å². The van der Waals surface area contributed by atoms with Crippen molar-refractivity contribution >= 4 is 12.0 Å². The fraction of sp³-hybridized carbons (Fsp3) is 0.462. The summed E-state index contributed by atoms with van der Waals surface area (Å²) in [5, 5.41) is 0. The zero-order valence-corrected chi connectivity index (χ0v) is 9.98. The van der Waals surface area contributed by atoms with E-state index in [9.17, 15) is 0 Å². The highest BCUT2D eigenvalue weighted by molar-refractivity contribution is 5.82. The molecule has 1 aliphatic heterocycles. The van der Waals surface area contributed by atoms with Gasteiger partial charge in [-0.05, 0) is 31.9 Å². The van der Waals surface area contributed by atoms with Crippen molar-refractivity contribution in [2.45, 2.75) is 25.8 Å². The van der Waals surface area contributed by atoms with Gasteiger partial charge < -0.3 is 10.6 Å². The van der Waals surface area contributed by atoms with Crippen molar-refractivity contribution in [1.29, 1.82) is 0 Å². The maximum absolute atomic E-state index is 6.08. The van der Waals surface area contributed by atoms with Gasteiger partial charge >= 0.3 is 0 Å².